The molecule has 192 valence electrons. The molecule has 1 aromatic carbocycles. The number of nitrogens with zero attached hydrogens (tertiary/aromatic N) is 2. The van der Waals surface area contributed by atoms with Gasteiger partial charge in [-0.25, -0.2) is 13.2 Å². The molecule has 0 aliphatic carbocycles. The number of halogens is 8. The molecule has 0 saturated carbocycles. The van der Waals surface area contributed by atoms with Crippen LogP contribution in [0.3, 0.4) is 0 Å². The van der Waals surface area contributed by atoms with E-state index in [2.05, 4.69) is 4.74 Å². The number of carbonyl (C=O) groups excluding carboxylic acids is 3. The van der Waals surface area contributed by atoms with Crippen LogP contribution < -0.4 is 9.80 Å². The Morgan fingerprint density at radius 3 is 1.50 bits per heavy atom. The quantitative estimate of drug-likeness (QED) is 0.185. The zero-order valence-electron chi connectivity index (χ0n) is 17.3. The molecule has 1 unspecified atom stereocenters. The first-order valence-electron chi connectivity index (χ1n) is 8.38. The Labute approximate surface area is 230 Å². The summed E-state index contributed by atoms with van der Waals surface area (Å²) < 4.78 is 103. The molecule has 9 nitrogen and oxygen atoms in total. The number of rotatable bonds is 6. The topological polar surface area (TPSA) is 124 Å². The van der Waals surface area contributed by atoms with Crippen molar-refractivity contribution in [2.75, 3.05) is 23.9 Å². The summed E-state index contributed by atoms with van der Waals surface area (Å²) in [5.41, 5.74) is -0.881. The van der Waals surface area contributed by atoms with E-state index in [-0.39, 0.29) is 22.1 Å². The lowest BCUT2D eigenvalue weighted by Crippen LogP contribution is -2.52. The standard InChI is InChI=1S/C16H14F5I3N2O7S/c1-5(27)25(3)11-8(22)7(9(23)12(10(11)24)26(4)6(2)28)13(29)33-14(15(17,18)19)16(20,21)34(30,31)32/h14H,1-4H3,(H,30,31,32)/p-1. The Hall–Kier alpha value is -0.620. The first kappa shape index (κ1) is 31.4. The Morgan fingerprint density at radius 2 is 1.24 bits per heavy atom. The third-order valence-corrected chi connectivity index (χ3v) is 8.25. The third-order valence-electron chi connectivity index (χ3n) is 4.25. The number of benzene rings is 1. The van der Waals surface area contributed by atoms with Gasteiger partial charge in [0, 0.05) is 27.9 Å². The van der Waals surface area contributed by atoms with Crippen LogP contribution in [0.2, 0.25) is 0 Å². The van der Waals surface area contributed by atoms with Gasteiger partial charge in [0.2, 0.25) is 11.8 Å². The van der Waals surface area contributed by atoms with Crippen LogP contribution in [0.5, 0.6) is 0 Å². The SMILES string of the molecule is CC(=O)N(C)c1c(I)c(C(=O)OC(C(F)(F)F)C(F)(F)S(=O)(=O)[O-])c(I)c(N(C)C(C)=O)c1I. The number of esters is 1. The molecule has 1 atom stereocenters. The number of alkyl halides is 5. The fourth-order valence-corrected chi connectivity index (χ4v) is 7.84. The molecule has 0 aliphatic rings. The van der Waals surface area contributed by atoms with Crippen molar-refractivity contribution in [1.29, 1.82) is 0 Å². The van der Waals surface area contributed by atoms with Crippen LogP contribution in [0.15, 0.2) is 0 Å². The molecule has 0 fully saturated rings. The molecule has 2 amide bonds. The maximum absolute atomic E-state index is 13.9. The van der Waals surface area contributed by atoms with Crippen LogP contribution in [-0.4, -0.2) is 62.4 Å². The van der Waals surface area contributed by atoms with Crippen molar-refractivity contribution < 1.29 is 54.0 Å². The molecule has 0 bridgehead atoms. The number of hydrogen-bond donors (Lipinski definition) is 0. The van der Waals surface area contributed by atoms with Crippen molar-refractivity contribution in [2.24, 2.45) is 0 Å². The molecule has 34 heavy (non-hydrogen) atoms. The predicted molar refractivity (Wildman–Crippen MR) is 133 cm³/mol. The third kappa shape index (κ3) is 6.19. The Balaban J connectivity index is 3.95. The van der Waals surface area contributed by atoms with Crippen molar-refractivity contribution in [2.45, 2.75) is 31.4 Å². The Morgan fingerprint density at radius 1 is 0.882 bits per heavy atom. The summed E-state index contributed by atoms with van der Waals surface area (Å²) in [5, 5.41) is -6.04. The van der Waals surface area contributed by atoms with E-state index in [1.54, 1.807) is 22.6 Å². The largest absolute Gasteiger partial charge is 0.743 e. The lowest BCUT2D eigenvalue weighted by molar-refractivity contribution is -0.248. The summed E-state index contributed by atoms with van der Waals surface area (Å²) in [6.07, 6.45) is -10.8. The van der Waals surface area contributed by atoms with Gasteiger partial charge in [0.05, 0.1) is 27.6 Å². The molecule has 1 rings (SSSR count). The van der Waals surface area contributed by atoms with E-state index >= 15 is 0 Å². The number of amides is 2. The second-order valence-corrected chi connectivity index (χ2v) is 11.2. The smallest absolute Gasteiger partial charge is 0.432 e. The van der Waals surface area contributed by atoms with Gasteiger partial charge in [-0.05, 0) is 67.8 Å². The molecule has 0 heterocycles. The summed E-state index contributed by atoms with van der Waals surface area (Å²) in [6.45, 7) is 2.24. The molecule has 1 aromatic rings. The minimum atomic E-state index is -6.90. The van der Waals surface area contributed by atoms with Crippen molar-refractivity contribution >= 4 is 107 Å². The minimum absolute atomic E-state index is 0.0593. The minimum Gasteiger partial charge on any atom is -0.743 e. The highest BCUT2D eigenvalue weighted by atomic mass is 127. The maximum Gasteiger partial charge on any atom is 0.432 e. The monoisotopic (exact) mass is 853 g/mol. The average molecular weight is 853 g/mol. The van der Waals surface area contributed by atoms with Gasteiger partial charge in [0.15, 0.2) is 10.1 Å². The zero-order chi connectivity index (χ0) is 27.1. The number of carbonyl (C=O) groups is 3. The van der Waals surface area contributed by atoms with Gasteiger partial charge in [-0.15, -0.1) is 0 Å². The van der Waals surface area contributed by atoms with E-state index in [0.29, 0.717) is 0 Å². The first-order chi connectivity index (χ1) is 15.1. The van der Waals surface area contributed by atoms with Crippen molar-refractivity contribution in [3.8, 4) is 0 Å². The van der Waals surface area contributed by atoms with Gasteiger partial charge in [0.25, 0.3) is 6.10 Å². The lowest BCUT2D eigenvalue weighted by atomic mass is 10.1. The summed E-state index contributed by atoms with van der Waals surface area (Å²) in [6, 6.07) is 0. The molecule has 0 radical (unpaired) electrons. The molecule has 18 heteroatoms. The molecular formula is C16H13F5I3N2O7S-. The summed E-state index contributed by atoms with van der Waals surface area (Å²) >= 11 is 4.64. The van der Waals surface area contributed by atoms with E-state index in [9.17, 15) is 49.3 Å². The molecule has 0 N–H and O–H groups in total. The second-order valence-electron chi connectivity index (χ2n) is 6.51. The van der Waals surface area contributed by atoms with Crippen molar-refractivity contribution in [3.63, 3.8) is 0 Å². The molecule has 0 aromatic heterocycles. The fraction of sp³-hybridized carbons (Fsp3) is 0.438. The molecule has 0 saturated heterocycles. The Kier molecular flexibility index (Phi) is 9.96. The summed E-state index contributed by atoms with van der Waals surface area (Å²) in [7, 11) is -4.40. The van der Waals surface area contributed by atoms with Crippen LogP contribution >= 0.6 is 67.8 Å². The normalized spacial score (nSPS) is 13.3. The van der Waals surface area contributed by atoms with Crippen LogP contribution in [0.25, 0.3) is 0 Å². The number of ether oxygens (including phenoxy) is 1. The molecule has 0 spiro atoms. The van der Waals surface area contributed by atoms with E-state index in [4.69, 9.17) is 0 Å². The highest BCUT2D eigenvalue weighted by Crippen LogP contribution is 2.44. The average Bonchev–Trinajstić information content (AvgIpc) is 2.63. The van der Waals surface area contributed by atoms with E-state index in [1.807, 2.05) is 0 Å². The van der Waals surface area contributed by atoms with Crippen LogP contribution in [0.4, 0.5) is 33.3 Å². The van der Waals surface area contributed by atoms with E-state index < -0.39 is 51.0 Å². The zero-order valence-corrected chi connectivity index (χ0v) is 24.6. The Bertz CT molecular complexity index is 1100. The number of anilines is 2. The van der Waals surface area contributed by atoms with Crippen LogP contribution in [0.1, 0.15) is 24.2 Å². The van der Waals surface area contributed by atoms with E-state index in [0.717, 1.165) is 23.6 Å². The summed E-state index contributed by atoms with van der Waals surface area (Å²) in [5.74, 6) is -3.25. The second kappa shape index (κ2) is 10.8. The van der Waals surface area contributed by atoms with Gasteiger partial charge in [-0.1, -0.05) is 0 Å². The molecule has 0 aliphatic heterocycles. The van der Waals surface area contributed by atoms with Crippen LogP contribution in [-0.2, 0) is 24.4 Å². The lowest BCUT2D eigenvalue weighted by Gasteiger charge is -2.31. The van der Waals surface area contributed by atoms with Crippen molar-refractivity contribution in [3.05, 3.63) is 16.3 Å². The van der Waals surface area contributed by atoms with Gasteiger partial charge in [-0.3, -0.25) is 9.59 Å². The molecular weight excluding hydrogens is 840 g/mol. The predicted octanol–water partition coefficient (Wildman–Crippen LogP) is 3.69. The van der Waals surface area contributed by atoms with Crippen LogP contribution in [0, 0.1) is 10.7 Å². The van der Waals surface area contributed by atoms with Gasteiger partial charge < -0.3 is 19.1 Å². The highest BCUT2D eigenvalue weighted by molar-refractivity contribution is 14.1. The number of hydrogen-bond acceptors (Lipinski definition) is 7. The summed E-state index contributed by atoms with van der Waals surface area (Å²) in [4.78, 5) is 38.6. The van der Waals surface area contributed by atoms with Crippen molar-refractivity contribution in [1.82, 2.24) is 0 Å². The van der Waals surface area contributed by atoms with Gasteiger partial charge in [0.1, 0.15) is 0 Å². The van der Waals surface area contributed by atoms with Gasteiger partial charge in [-0.2, -0.15) is 22.0 Å². The fourth-order valence-electron chi connectivity index (χ4n) is 2.34. The van der Waals surface area contributed by atoms with E-state index in [1.165, 1.54) is 59.3 Å². The highest BCUT2D eigenvalue weighted by Gasteiger charge is 2.63. The first-order valence-corrected chi connectivity index (χ1v) is 13.0. The maximum atomic E-state index is 13.9. The van der Waals surface area contributed by atoms with Gasteiger partial charge >= 0.3 is 17.4 Å².